The van der Waals surface area contributed by atoms with Gasteiger partial charge in [-0.05, 0) is 31.0 Å². The summed E-state index contributed by atoms with van der Waals surface area (Å²) in [4.78, 5) is 21.8. The van der Waals surface area contributed by atoms with E-state index in [0.29, 0.717) is 19.4 Å². The predicted octanol–water partition coefficient (Wildman–Crippen LogP) is 2.46. The average Bonchev–Trinajstić information content (AvgIpc) is 2.27. The number of hydrogen-bond donors (Lipinski definition) is 2. The zero-order chi connectivity index (χ0) is 13.5. The Labute approximate surface area is 109 Å². The molecule has 18 heavy (non-hydrogen) atoms. The Morgan fingerprint density at radius 1 is 1.33 bits per heavy atom. The monoisotopic (exact) mass is 273 g/mol. The highest BCUT2D eigenvalue weighted by molar-refractivity contribution is 6.30. The molecule has 0 radical (unpaired) electrons. The van der Waals surface area contributed by atoms with Crippen LogP contribution in [-0.4, -0.2) is 23.5 Å². The first-order chi connectivity index (χ1) is 8.50. The molecule has 0 aliphatic carbocycles. The second kappa shape index (κ2) is 6.96. The van der Waals surface area contributed by atoms with E-state index in [-0.39, 0.29) is 17.0 Å². The van der Waals surface area contributed by atoms with E-state index in [2.05, 4.69) is 5.32 Å². The van der Waals surface area contributed by atoms with Crippen molar-refractivity contribution in [1.29, 1.82) is 0 Å². The third-order valence-electron chi connectivity index (χ3n) is 2.28. The summed E-state index contributed by atoms with van der Waals surface area (Å²) >= 11 is 5.57. The number of carboxylic acid groups (broad SMARTS) is 1. The van der Waals surface area contributed by atoms with Gasteiger partial charge in [-0.1, -0.05) is 11.6 Å². The minimum absolute atomic E-state index is 0.0607. The summed E-state index contributed by atoms with van der Waals surface area (Å²) in [6.07, 6.45) is 1.07. The van der Waals surface area contributed by atoms with Crippen LogP contribution in [0, 0.1) is 5.82 Å². The molecule has 1 aromatic rings. The molecular weight excluding hydrogens is 261 g/mol. The van der Waals surface area contributed by atoms with Crippen LogP contribution in [0.3, 0.4) is 0 Å². The van der Waals surface area contributed by atoms with Crippen LogP contribution in [0.5, 0.6) is 0 Å². The molecule has 6 heteroatoms. The number of unbranched alkanes of at least 4 members (excludes halogenated alkanes) is 1. The highest BCUT2D eigenvalue weighted by atomic mass is 35.5. The van der Waals surface area contributed by atoms with Crippen molar-refractivity contribution < 1.29 is 19.1 Å². The van der Waals surface area contributed by atoms with Crippen molar-refractivity contribution in [2.24, 2.45) is 0 Å². The molecule has 0 saturated heterocycles. The van der Waals surface area contributed by atoms with E-state index in [9.17, 15) is 14.0 Å². The van der Waals surface area contributed by atoms with Gasteiger partial charge in [0.15, 0.2) is 0 Å². The third kappa shape index (κ3) is 4.71. The van der Waals surface area contributed by atoms with Crippen LogP contribution in [0.15, 0.2) is 18.2 Å². The second-order valence-corrected chi connectivity index (χ2v) is 4.17. The molecule has 4 nitrogen and oxygen atoms in total. The fourth-order valence-electron chi connectivity index (χ4n) is 1.37. The van der Waals surface area contributed by atoms with Gasteiger partial charge in [-0.2, -0.15) is 0 Å². The lowest BCUT2D eigenvalue weighted by Gasteiger charge is -2.05. The highest BCUT2D eigenvalue weighted by Gasteiger charge is 2.11. The fraction of sp³-hybridized carbons (Fsp3) is 0.333. The molecule has 0 aliphatic heterocycles. The zero-order valence-corrected chi connectivity index (χ0v) is 10.3. The minimum atomic E-state index is -0.870. The van der Waals surface area contributed by atoms with Gasteiger partial charge in [-0.3, -0.25) is 9.59 Å². The summed E-state index contributed by atoms with van der Waals surface area (Å²) in [6.45, 7) is 0.314. The molecule has 0 spiro atoms. The van der Waals surface area contributed by atoms with Crippen molar-refractivity contribution in [3.63, 3.8) is 0 Å². The lowest BCUT2D eigenvalue weighted by atomic mass is 10.2. The molecular formula is C12H13ClFNO3. The fourth-order valence-corrected chi connectivity index (χ4v) is 1.53. The van der Waals surface area contributed by atoms with Crippen LogP contribution in [0.1, 0.15) is 29.6 Å². The third-order valence-corrected chi connectivity index (χ3v) is 2.51. The van der Waals surface area contributed by atoms with Crippen LogP contribution < -0.4 is 5.32 Å². The SMILES string of the molecule is O=C(O)CCCCNC(=O)c1ccc(Cl)cc1F. The van der Waals surface area contributed by atoms with E-state index in [1.165, 1.54) is 12.1 Å². The van der Waals surface area contributed by atoms with Gasteiger partial charge in [0.05, 0.1) is 5.56 Å². The Balaban J connectivity index is 2.39. The van der Waals surface area contributed by atoms with E-state index >= 15 is 0 Å². The lowest BCUT2D eigenvalue weighted by molar-refractivity contribution is -0.137. The Morgan fingerprint density at radius 3 is 2.67 bits per heavy atom. The van der Waals surface area contributed by atoms with E-state index in [0.717, 1.165) is 6.07 Å². The summed E-state index contributed by atoms with van der Waals surface area (Å²) in [6, 6.07) is 3.81. The Bertz CT molecular complexity index is 451. The van der Waals surface area contributed by atoms with E-state index in [4.69, 9.17) is 16.7 Å². The quantitative estimate of drug-likeness (QED) is 0.783. The smallest absolute Gasteiger partial charge is 0.303 e. The van der Waals surface area contributed by atoms with Crippen LogP contribution in [0.2, 0.25) is 5.02 Å². The number of nitrogens with one attached hydrogen (secondary N) is 1. The zero-order valence-electron chi connectivity index (χ0n) is 9.58. The summed E-state index contributed by atoms with van der Waals surface area (Å²) < 4.78 is 13.4. The molecule has 1 amide bonds. The number of amides is 1. The highest BCUT2D eigenvalue weighted by Crippen LogP contribution is 2.14. The molecule has 2 N–H and O–H groups in total. The molecule has 98 valence electrons. The Morgan fingerprint density at radius 2 is 2.06 bits per heavy atom. The minimum Gasteiger partial charge on any atom is -0.481 e. The van der Waals surface area contributed by atoms with E-state index in [1.54, 1.807) is 0 Å². The molecule has 0 aliphatic rings. The molecule has 1 aromatic carbocycles. The van der Waals surface area contributed by atoms with Gasteiger partial charge in [-0.25, -0.2) is 4.39 Å². The standard InChI is InChI=1S/C12H13ClFNO3/c13-8-4-5-9(10(14)7-8)12(18)15-6-2-1-3-11(16)17/h4-5,7H,1-3,6H2,(H,15,18)(H,16,17). The number of benzene rings is 1. The number of hydrogen-bond acceptors (Lipinski definition) is 2. The van der Waals surface area contributed by atoms with Crippen LogP contribution in [0.4, 0.5) is 4.39 Å². The van der Waals surface area contributed by atoms with Gasteiger partial charge in [0.1, 0.15) is 5.82 Å². The van der Waals surface area contributed by atoms with Gasteiger partial charge in [0.2, 0.25) is 0 Å². The largest absolute Gasteiger partial charge is 0.481 e. The topological polar surface area (TPSA) is 66.4 Å². The van der Waals surface area contributed by atoms with E-state index < -0.39 is 17.7 Å². The lowest BCUT2D eigenvalue weighted by Crippen LogP contribution is -2.25. The van der Waals surface area contributed by atoms with Gasteiger partial charge in [0, 0.05) is 18.0 Å². The van der Waals surface area contributed by atoms with Crippen molar-refractivity contribution in [3.05, 3.63) is 34.6 Å². The summed E-state index contributed by atoms with van der Waals surface area (Å²) in [7, 11) is 0. The number of carboxylic acids is 1. The molecule has 0 atom stereocenters. The normalized spacial score (nSPS) is 10.1. The second-order valence-electron chi connectivity index (χ2n) is 3.73. The van der Waals surface area contributed by atoms with Crippen molar-refractivity contribution in [3.8, 4) is 0 Å². The predicted molar refractivity (Wildman–Crippen MR) is 65.2 cm³/mol. The first kappa shape index (κ1) is 14.4. The van der Waals surface area contributed by atoms with Crippen LogP contribution in [0.25, 0.3) is 0 Å². The molecule has 0 saturated carbocycles. The van der Waals surface area contributed by atoms with Crippen molar-refractivity contribution in [2.75, 3.05) is 6.54 Å². The van der Waals surface area contributed by atoms with Gasteiger partial charge >= 0.3 is 5.97 Å². The van der Waals surface area contributed by atoms with Gasteiger partial charge in [0.25, 0.3) is 5.91 Å². The van der Waals surface area contributed by atoms with Crippen molar-refractivity contribution in [2.45, 2.75) is 19.3 Å². The Kier molecular flexibility index (Phi) is 5.58. The maximum Gasteiger partial charge on any atom is 0.303 e. The number of aliphatic carboxylic acids is 1. The number of carbonyl (C=O) groups excluding carboxylic acids is 1. The van der Waals surface area contributed by atoms with Gasteiger partial charge < -0.3 is 10.4 Å². The van der Waals surface area contributed by atoms with Crippen molar-refractivity contribution in [1.82, 2.24) is 5.32 Å². The molecule has 0 unspecified atom stereocenters. The maximum absolute atomic E-state index is 13.4. The summed E-state index contributed by atoms with van der Waals surface area (Å²) in [5, 5.41) is 11.2. The summed E-state index contributed by atoms with van der Waals surface area (Å²) in [5.41, 5.74) is -0.0716. The first-order valence-electron chi connectivity index (χ1n) is 5.45. The molecule has 0 bridgehead atoms. The molecule has 0 heterocycles. The Hall–Kier alpha value is -1.62. The maximum atomic E-state index is 13.4. The first-order valence-corrected chi connectivity index (χ1v) is 5.83. The van der Waals surface area contributed by atoms with Gasteiger partial charge in [-0.15, -0.1) is 0 Å². The molecule has 1 rings (SSSR count). The molecule has 0 aromatic heterocycles. The van der Waals surface area contributed by atoms with Crippen LogP contribution in [-0.2, 0) is 4.79 Å². The summed E-state index contributed by atoms with van der Waals surface area (Å²) in [5.74, 6) is -2.07. The van der Waals surface area contributed by atoms with E-state index in [1.807, 2.05) is 0 Å². The number of rotatable bonds is 6. The van der Waals surface area contributed by atoms with Crippen molar-refractivity contribution >= 4 is 23.5 Å². The number of halogens is 2. The molecule has 0 fully saturated rings. The van der Waals surface area contributed by atoms with Crippen LogP contribution >= 0.6 is 11.6 Å². The average molecular weight is 274 g/mol. The number of carbonyl (C=O) groups is 2.